The van der Waals surface area contributed by atoms with Crippen LogP contribution in [0.3, 0.4) is 0 Å². The van der Waals surface area contributed by atoms with E-state index < -0.39 is 0 Å². The maximum absolute atomic E-state index is 5.41. The molecule has 0 spiro atoms. The topological polar surface area (TPSA) is 54.2 Å². The number of thioether (sulfide) groups is 1. The summed E-state index contributed by atoms with van der Waals surface area (Å²) in [6, 6.07) is 0.729. The second kappa shape index (κ2) is 7.26. The van der Waals surface area contributed by atoms with Crippen molar-refractivity contribution in [1.29, 1.82) is 0 Å². The summed E-state index contributed by atoms with van der Waals surface area (Å²) in [6.45, 7) is 3.28. The van der Waals surface area contributed by atoms with E-state index in [4.69, 9.17) is 4.52 Å². The first-order chi connectivity index (χ1) is 9.24. The normalized spacial score (nSPS) is 22.6. The molecule has 1 fully saturated rings. The minimum absolute atomic E-state index is 0.301. The Morgan fingerprint density at radius 3 is 3.11 bits per heavy atom. The SMILES string of the molecule is CCCC(Cc1nc(C2CSCCN2C)no1)NC. The van der Waals surface area contributed by atoms with Crippen LogP contribution in [0.1, 0.15) is 37.5 Å². The first-order valence-electron chi connectivity index (χ1n) is 7.02. The highest BCUT2D eigenvalue weighted by molar-refractivity contribution is 7.99. The van der Waals surface area contributed by atoms with Crippen LogP contribution in [0, 0.1) is 0 Å². The zero-order valence-corrected chi connectivity index (χ0v) is 12.9. The van der Waals surface area contributed by atoms with Crippen molar-refractivity contribution < 1.29 is 4.52 Å². The van der Waals surface area contributed by atoms with Crippen molar-refractivity contribution >= 4 is 11.8 Å². The zero-order chi connectivity index (χ0) is 13.7. The Bertz CT molecular complexity index is 384. The Balaban J connectivity index is 1.97. The van der Waals surface area contributed by atoms with Crippen molar-refractivity contribution in [2.45, 2.75) is 38.3 Å². The third-order valence-electron chi connectivity index (χ3n) is 3.64. The molecule has 0 saturated carbocycles. The maximum Gasteiger partial charge on any atom is 0.228 e. The molecular formula is C13H24N4OS. The average molecular weight is 284 g/mol. The van der Waals surface area contributed by atoms with Gasteiger partial charge in [-0.15, -0.1) is 0 Å². The predicted octanol–water partition coefficient (Wildman–Crippen LogP) is 1.72. The highest BCUT2D eigenvalue weighted by atomic mass is 32.2. The van der Waals surface area contributed by atoms with Gasteiger partial charge in [-0.2, -0.15) is 16.7 Å². The molecule has 1 aromatic rings. The number of hydrogen-bond acceptors (Lipinski definition) is 6. The molecule has 2 heterocycles. The van der Waals surface area contributed by atoms with Gasteiger partial charge in [-0.05, 0) is 20.5 Å². The quantitative estimate of drug-likeness (QED) is 0.858. The van der Waals surface area contributed by atoms with Crippen LogP contribution in [0.25, 0.3) is 0 Å². The van der Waals surface area contributed by atoms with Crippen molar-refractivity contribution in [1.82, 2.24) is 20.4 Å². The van der Waals surface area contributed by atoms with Gasteiger partial charge >= 0.3 is 0 Å². The van der Waals surface area contributed by atoms with E-state index in [2.05, 4.69) is 34.3 Å². The third-order valence-corrected chi connectivity index (χ3v) is 4.67. The van der Waals surface area contributed by atoms with Gasteiger partial charge in [0.1, 0.15) is 0 Å². The summed E-state index contributed by atoms with van der Waals surface area (Å²) < 4.78 is 5.41. The van der Waals surface area contributed by atoms with E-state index in [1.165, 1.54) is 5.75 Å². The average Bonchev–Trinajstić information content (AvgIpc) is 2.87. The van der Waals surface area contributed by atoms with E-state index >= 15 is 0 Å². The lowest BCUT2D eigenvalue weighted by Crippen LogP contribution is -2.33. The zero-order valence-electron chi connectivity index (χ0n) is 12.1. The molecule has 6 heteroatoms. The minimum Gasteiger partial charge on any atom is -0.339 e. The van der Waals surface area contributed by atoms with Gasteiger partial charge in [0.25, 0.3) is 0 Å². The molecule has 1 saturated heterocycles. The summed E-state index contributed by atoms with van der Waals surface area (Å²) in [5, 5.41) is 7.48. The van der Waals surface area contributed by atoms with Crippen LogP contribution < -0.4 is 5.32 Å². The maximum atomic E-state index is 5.41. The van der Waals surface area contributed by atoms with Gasteiger partial charge in [-0.1, -0.05) is 18.5 Å². The Morgan fingerprint density at radius 1 is 1.58 bits per heavy atom. The van der Waals surface area contributed by atoms with Gasteiger partial charge in [-0.3, -0.25) is 4.90 Å². The number of hydrogen-bond donors (Lipinski definition) is 1. The summed E-state index contributed by atoms with van der Waals surface area (Å²) in [5.74, 6) is 3.85. The summed E-state index contributed by atoms with van der Waals surface area (Å²) >= 11 is 1.96. The second-order valence-corrected chi connectivity index (χ2v) is 6.25. The molecule has 0 radical (unpaired) electrons. The first-order valence-corrected chi connectivity index (χ1v) is 8.17. The molecule has 108 valence electrons. The highest BCUT2D eigenvalue weighted by Gasteiger charge is 2.26. The minimum atomic E-state index is 0.301. The molecule has 1 aromatic heterocycles. The Morgan fingerprint density at radius 2 is 2.42 bits per heavy atom. The molecule has 2 unspecified atom stereocenters. The molecule has 5 nitrogen and oxygen atoms in total. The first kappa shape index (κ1) is 14.8. The van der Waals surface area contributed by atoms with Crippen LogP contribution in [0.15, 0.2) is 4.52 Å². The molecule has 19 heavy (non-hydrogen) atoms. The van der Waals surface area contributed by atoms with Crippen LogP contribution in [-0.4, -0.2) is 53.2 Å². The Hall–Kier alpha value is -0.590. The van der Waals surface area contributed by atoms with Gasteiger partial charge in [0.05, 0.1) is 6.04 Å². The second-order valence-electron chi connectivity index (χ2n) is 5.10. The number of aromatic nitrogens is 2. The van der Waals surface area contributed by atoms with Gasteiger partial charge in [0.15, 0.2) is 5.82 Å². The molecule has 1 aliphatic rings. The largest absolute Gasteiger partial charge is 0.339 e. The molecule has 2 rings (SSSR count). The van der Waals surface area contributed by atoms with E-state index in [0.29, 0.717) is 12.1 Å². The summed E-state index contributed by atoms with van der Waals surface area (Å²) in [7, 11) is 4.12. The highest BCUT2D eigenvalue weighted by Crippen LogP contribution is 2.26. The van der Waals surface area contributed by atoms with Crippen LogP contribution in [-0.2, 0) is 6.42 Å². The van der Waals surface area contributed by atoms with E-state index in [-0.39, 0.29) is 0 Å². The number of nitrogens with one attached hydrogen (secondary N) is 1. The lowest BCUT2D eigenvalue weighted by atomic mass is 10.1. The molecule has 2 atom stereocenters. The number of rotatable bonds is 6. The van der Waals surface area contributed by atoms with Crippen molar-refractivity contribution in [2.75, 3.05) is 32.1 Å². The van der Waals surface area contributed by atoms with Crippen molar-refractivity contribution in [3.8, 4) is 0 Å². The van der Waals surface area contributed by atoms with E-state index in [0.717, 1.165) is 43.3 Å². The van der Waals surface area contributed by atoms with Crippen molar-refractivity contribution in [2.24, 2.45) is 0 Å². The molecule has 1 aliphatic heterocycles. The van der Waals surface area contributed by atoms with Crippen molar-refractivity contribution in [3.05, 3.63) is 11.7 Å². The fourth-order valence-electron chi connectivity index (χ4n) is 2.35. The summed E-state index contributed by atoms with van der Waals surface area (Å²) in [5.41, 5.74) is 0. The van der Waals surface area contributed by atoms with E-state index in [9.17, 15) is 0 Å². The third kappa shape index (κ3) is 3.94. The van der Waals surface area contributed by atoms with Gasteiger partial charge in [0, 0.05) is 30.5 Å². The Labute approximate surface area is 119 Å². The smallest absolute Gasteiger partial charge is 0.228 e. The summed E-state index contributed by atoms with van der Waals surface area (Å²) in [4.78, 5) is 6.89. The summed E-state index contributed by atoms with van der Waals surface area (Å²) in [6.07, 6.45) is 3.11. The van der Waals surface area contributed by atoms with Crippen LogP contribution >= 0.6 is 11.8 Å². The van der Waals surface area contributed by atoms with Gasteiger partial charge in [0.2, 0.25) is 5.89 Å². The molecular weight excluding hydrogens is 260 g/mol. The van der Waals surface area contributed by atoms with Crippen LogP contribution in [0.5, 0.6) is 0 Å². The fraction of sp³-hybridized carbons (Fsp3) is 0.846. The molecule has 0 amide bonds. The Kier molecular flexibility index (Phi) is 5.66. The van der Waals surface area contributed by atoms with Gasteiger partial charge in [-0.25, -0.2) is 0 Å². The lowest BCUT2D eigenvalue weighted by molar-refractivity contribution is 0.256. The van der Waals surface area contributed by atoms with E-state index in [1.54, 1.807) is 0 Å². The molecule has 0 aliphatic carbocycles. The predicted molar refractivity (Wildman–Crippen MR) is 78.5 cm³/mol. The molecule has 0 bridgehead atoms. The van der Waals surface area contributed by atoms with Gasteiger partial charge < -0.3 is 9.84 Å². The monoisotopic (exact) mass is 284 g/mol. The van der Waals surface area contributed by atoms with E-state index in [1.807, 2.05) is 18.8 Å². The van der Waals surface area contributed by atoms with Crippen molar-refractivity contribution in [3.63, 3.8) is 0 Å². The molecule has 1 N–H and O–H groups in total. The van der Waals surface area contributed by atoms with Crippen LogP contribution in [0.4, 0.5) is 0 Å². The fourth-order valence-corrected chi connectivity index (χ4v) is 3.56. The lowest BCUT2D eigenvalue weighted by Gasteiger charge is -2.29. The molecule has 0 aromatic carbocycles. The number of nitrogens with zero attached hydrogens (tertiary/aromatic N) is 3. The number of likely N-dealkylation sites (N-methyl/N-ethyl adjacent to an activating group) is 1. The van der Waals surface area contributed by atoms with Crippen LogP contribution in [0.2, 0.25) is 0 Å². The standard InChI is InChI=1S/C13H24N4OS/c1-4-5-10(14-2)8-12-15-13(16-18-12)11-9-19-7-6-17(11)3/h10-11,14H,4-9H2,1-3H3.